The summed E-state index contributed by atoms with van der Waals surface area (Å²) in [6.45, 7) is 1.96. The first-order chi connectivity index (χ1) is 18.4. The number of hydrogen-bond acceptors (Lipinski definition) is 4. The molecule has 7 nitrogen and oxygen atoms in total. The Labute approximate surface area is 222 Å². The molecule has 38 heavy (non-hydrogen) atoms. The number of aromatic nitrogens is 1. The van der Waals surface area contributed by atoms with Crippen LogP contribution in [0.5, 0.6) is 5.75 Å². The molecule has 0 radical (unpaired) electrons. The number of carbonyl (C=O) groups excluding carboxylic acids is 2. The standard InChI is InChI=1S/C31H33N3O4/c1-20-8-4-7-11-27(20)33-30(35)22-13-12-21(29(17-22)37-3)16-23-19-34(2)28-15-14-24(18-26(23)28)32-31(36)38-25-9-5-6-10-25/h4,7-8,11-15,17-19,25H,5-6,9-10,16H2,1-3H3,(H,32,36)(H,33,35). The molecule has 1 aliphatic carbocycles. The molecule has 2 amide bonds. The average molecular weight is 512 g/mol. The molecule has 0 unspecified atom stereocenters. The number of ether oxygens (including phenoxy) is 2. The highest BCUT2D eigenvalue weighted by Gasteiger charge is 2.20. The summed E-state index contributed by atoms with van der Waals surface area (Å²) in [6, 6.07) is 19.1. The lowest BCUT2D eigenvalue weighted by Gasteiger charge is -2.13. The Morgan fingerprint density at radius 1 is 0.974 bits per heavy atom. The fourth-order valence-corrected chi connectivity index (χ4v) is 5.14. The zero-order valence-corrected chi connectivity index (χ0v) is 22.0. The predicted octanol–water partition coefficient (Wildman–Crippen LogP) is 6.83. The topological polar surface area (TPSA) is 81.6 Å². The minimum Gasteiger partial charge on any atom is -0.496 e. The van der Waals surface area contributed by atoms with Crippen LogP contribution in [0.25, 0.3) is 10.9 Å². The highest BCUT2D eigenvalue weighted by molar-refractivity contribution is 6.05. The van der Waals surface area contributed by atoms with Crippen LogP contribution in [0, 0.1) is 6.92 Å². The molecular weight excluding hydrogens is 478 g/mol. The highest BCUT2D eigenvalue weighted by Crippen LogP contribution is 2.30. The van der Waals surface area contributed by atoms with E-state index in [4.69, 9.17) is 9.47 Å². The first-order valence-corrected chi connectivity index (χ1v) is 13.0. The first-order valence-electron chi connectivity index (χ1n) is 13.0. The van der Waals surface area contributed by atoms with E-state index in [0.717, 1.165) is 59.0 Å². The molecular formula is C31H33N3O4. The molecule has 2 N–H and O–H groups in total. The molecule has 7 heteroatoms. The number of hydrogen-bond donors (Lipinski definition) is 2. The highest BCUT2D eigenvalue weighted by atomic mass is 16.6. The lowest BCUT2D eigenvalue weighted by molar-refractivity contribution is 0.102. The van der Waals surface area contributed by atoms with Crippen LogP contribution in [-0.4, -0.2) is 29.8 Å². The number of aryl methyl sites for hydroxylation is 2. The normalized spacial score (nSPS) is 13.4. The number of benzene rings is 3. The maximum absolute atomic E-state index is 12.9. The summed E-state index contributed by atoms with van der Waals surface area (Å²) in [5.41, 5.74) is 6.12. The van der Waals surface area contributed by atoms with Gasteiger partial charge in [-0.25, -0.2) is 4.79 Å². The maximum atomic E-state index is 12.9. The van der Waals surface area contributed by atoms with Crippen molar-refractivity contribution in [3.63, 3.8) is 0 Å². The Morgan fingerprint density at radius 2 is 1.76 bits per heavy atom. The Morgan fingerprint density at radius 3 is 2.53 bits per heavy atom. The largest absolute Gasteiger partial charge is 0.496 e. The van der Waals surface area contributed by atoms with E-state index in [1.807, 2.05) is 68.6 Å². The van der Waals surface area contributed by atoms with Gasteiger partial charge in [-0.1, -0.05) is 24.3 Å². The molecule has 1 fully saturated rings. The van der Waals surface area contributed by atoms with Gasteiger partial charge in [-0.05, 0) is 85.7 Å². The minimum absolute atomic E-state index is 0.0141. The second-order valence-electron chi connectivity index (χ2n) is 9.91. The number of nitrogens with one attached hydrogen (secondary N) is 2. The van der Waals surface area contributed by atoms with E-state index in [-0.39, 0.29) is 12.0 Å². The van der Waals surface area contributed by atoms with Crippen molar-refractivity contribution in [3.8, 4) is 5.75 Å². The molecule has 1 aliphatic rings. The summed E-state index contributed by atoms with van der Waals surface area (Å²) in [6.07, 6.45) is 6.39. The van der Waals surface area contributed by atoms with Crippen molar-refractivity contribution in [2.24, 2.45) is 7.05 Å². The Balaban J connectivity index is 1.35. The Kier molecular flexibility index (Phi) is 7.36. The average Bonchev–Trinajstić information content (AvgIpc) is 3.53. The van der Waals surface area contributed by atoms with Gasteiger partial charge in [0.25, 0.3) is 5.91 Å². The van der Waals surface area contributed by atoms with Crippen molar-refractivity contribution in [3.05, 3.63) is 89.1 Å². The minimum atomic E-state index is -0.407. The summed E-state index contributed by atoms with van der Waals surface area (Å²) in [7, 11) is 3.62. The van der Waals surface area contributed by atoms with Crippen LogP contribution in [0.3, 0.4) is 0 Å². The number of para-hydroxylation sites is 1. The Bertz CT molecular complexity index is 1480. The van der Waals surface area contributed by atoms with E-state index in [0.29, 0.717) is 23.4 Å². The molecule has 1 saturated carbocycles. The SMILES string of the molecule is COc1cc(C(=O)Nc2ccccc2C)ccc1Cc1cn(C)c2ccc(NC(=O)OC3CCCC3)cc12. The quantitative estimate of drug-likeness (QED) is 0.285. The summed E-state index contributed by atoms with van der Waals surface area (Å²) in [4.78, 5) is 25.3. The molecule has 0 aliphatic heterocycles. The van der Waals surface area contributed by atoms with Gasteiger partial charge >= 0.3 is 6.09 Å². The zero-order chi connectivity index (χ0) is 26.6. The zero-order valence-electron chi connectivity index (χ0n) is 22.0. The van der Waals surface area contributed by atoms with E-state index in [2.05, 4.69) is 21.4 Å². The van der Waals surface area contributed by atoms with Crippen LogP contribution in [0.4, 0.5) is 16.2 Å². The predicted molar refractivity (Wildman–Crippen MR) is 150 cm³/mol. The third-order valence-corrected chi connectivity index (χ3v) is 7.22. The third-order valence-electron chi connectivity index (χ3n) is 7.22. The van der Waals surface area contributed by atoms with E-state index in [9.17, 15) is 9.59 Å². The number of methoxy groups -OCH3 is 1. The first kappa shape index (κ1) is 25.4. The second kappa shape index (κ2) is 11.0. The van der Waals surface area contributed by atoms with Gasteiger partial charge in [0.1, 0.15) is 11.9 Å². The van der Waals surface area contributed by atoms with Gasteiger partial charge in [-0.2, -0.15) is 0 Å². The molecule has 0 atom stereocenters. The van der Waals surface area contributed by atoms with Gasteiger partial charge in [0, 0.05) is 47.5 Å². The number of amides is 2. The molecule has 0 saturated heterocycles. The van der Waals surface area contributed by atoms with Gasteiger partial charge in [-0.3, -0.25) is 10.1 Å². The molecule has 4 aromatic rings. The summed E-state index contributed by atoms with van der Waals surface area (Å²) < 4.78 is 13.3. The third kappa shape index (κ3) is 5.52. The molecule has 196 valence electrons. The van der Waals surface area contributed by atoms with E-state index >= 15 is 0 Å². The second-order valence-corrected chi connectivity index (χ2v) is 9.91. The van der Waals surface area contributed by atoms with Crippen molar-refractivity contribution >= 4 is 34.3 Å². The fraction of sp³-hybridized carbons (Fsp3) is 0.290. The van der Waals surface area contributed by atoms with Crippen LogP contribution in [0.2, 0.25) is 0 Å². The fourth-order valence-electron chi connectivity index (χ4n) is 5.14. The van der Waals surface area contributed by atoms with Crippen LogP contribution >= 0.6 is 0 Å². The molecule has 0 spiro atoms. The monoisotopic (exact) mass is 511 g/mol. The number of nitrogens with zero attached hydrogens (tertiary/aromatic N) is 1. The lowest BCUT2D eigenvalue weighted by Crippen LogP contribution is -2.20. The molecule has 3 aromatic carbocycles. The van der Waals surface area contributed by atoms with E-state index in [1.165, 1.54) is 0 Å². The lowest BCUT2D eigenvalue weighted by atomic mass is 10.0. The number of fused-ring (bicyclic) bond motifs is 1. The summed E-state index contributed by atoms with van der Waals surface area (Å²) in [5.74, 6) is 0.461. The van der Waals surface area contributed by atoms with E-state index < -0.39 is 6.09 Å². The van der Waals surface area contributed by atoms with Gasteiger partial charge < -0.3 is 19.4 Å². The molecule has 0 bridgehead atoms. The van der Waals surface area contributed by atoms with Crippen LogP contribution in [0.1, 0.15) is 52.7 Å². The molecule has 5 rings (SSSR count). The van der Waals surface area contributed by atoms with E-state index in [1.54, 1.807) is 13.2 Å². The number of anilines is 2. The van der Waals surface area contributed by atoms with Crippen LogP contribution in [-0.2, 0) is 18.2 Å². The van der Waals surface area contributed by atoms with Crippen molar-refractivity contribution in [1.82, 2.24) is 4.57 Å². The van der Waals surface area contributed by atoms with Crippen LogP contribution in [0.15, 0.2) is 66.9 Å². The van der Waals surface area contributed by atoms with Gasteiger partial charge in [-0.15, -0.1) is 0 Å². The summed E-state index contributed by atoms with van der Waals surface area (Å²) >= 11 is 0. The summed E-state index contributed by atoms with van der Waals surface area (Å²) in [5, 5.41) is 6.90. The van der Waals surface area contributed by atoms with Crippen LogP contribution < -0.4 is 15.4 Å². The van der Waals surface area contributed by atoms with Crippen molar-refractivity contribution in [2.45, 2.75) is 45.1 Å². The Hall–Kier alpha value is -4.26. The van der Waals surface area contributed by atoms with Gasteiger partial charge in [0.15, 0.2) is 0 Å². The number of rotatable bonds is 7. The van der Waals surface area contributed by atoms with Gasteiger partial charge in [0.2, 0.25) is 0 Å². The molecule has 1 heterocycles. The smallest absolute Gasteiger partial charge is 0.411 e. The number of carbonyl (C=O) groups is 2. The van der Waals surface area contributed by atoms with Crippen molar-refractivity contribution in [1.29, 1.82) is 0 Å². The maximum Gasteiger partial charge on any atom is 0.411 e. The van der Waals surface area contributed by atoms with Crippen molar-refractivity contribution in [2.75, 3.05) is 17.7 Å². The van der Waals surface area contributed by atoms with Gasteiger partial charge in [0.05, 0.1) is 7.11 Å². The van der Waals surface area contributed by atoms with Crippen molar-refractivity contribution < 1.29 is 19.1 Å². The molecule has 1 aromatic heterocycles.